The largest absolute Gasteiger partial charge is 0.372 e. The fourth-order valence-corrected chi connectivity index (χ4v) is 4.34. The SMILES string of the molecule is O=[N+]([O-])c1cccc2c1N[C@@H](c1ccc(Cl)cc1Cl)[C@@H]1CC=C[C@H]21. The number of nitro groups is 1. The Labute approximate surface area is 149 Å². The van der Waals surface area contributed by atoms with Crippen LogP contribution in [-0.4, -0.2) is 4.92 Å². The minimum atomic E-state index is -0.342. The molecule has 3 atom stereocenters. The zero-order valence-electron chi connectivity index (χ0n) is 12.6. The molecule has 0 saturated carbocycles. The molecule has 4 rings (SSSR count). The number of fused-ring (bicyclic) bond motifs is 3. The van der Waals surface area contributed by atoms with Crippen LogP contribution in [0.4, 0.5) is 11.4 Å². The Bertz CT molecular complexity index is 866. The van der Waals surface area contributed by atoms with Crippen molar-refractivity contribution in [2.75, 3.05) is 5.32 Å². The van der Waals surface area contributed by atoms with Gasteiger partial charge in [0.1, 0.15) is 5.69 Å². The van der Waals surface area contributed by atoms with E-state index in [-0.39, 0.29) is 28.5 Å². The van der Waals surface area contributed by atoms with Crippen molar-refractivity contribution in [3.8, 4) is 0 Å². The first-order valence-electron chi connectivity index (χ1n) is 7.71. The fraction of sp³-hybridized carbons (Fsp3) is 0.222. The number of hydrogen-bond acceptors (Lipinski definition) is 3. The second-order valence-electron chi connectivity index (χ2n) is 6.14. The van der Waals surface area contributed by atoms with E-state index >= 15 is 0 Å². The Morgan fingerprint density at radius 2 is 2.00 bits per heavy atom. The third kappa shape index (κ3) is 2.38. The first kappa shape index (κ1) is 15.5. The molecule has 0 spiro atoms. The van der Waals surface area contributed by atoms with E-state index in [1.165, 1.54) is 6.07 Å². The molecule has 1 N–H and O–H groups in total. The number of benzene rings is 2. The Kier molecular flexibility index (Phi) is 3.74. The summed E-state index contributed by atoms with van der Waals surface area (Å²) in [5, 5.41) is 16.0. The highest BCUT2D eigenvalue weighted by molar-refractivity contribution is 6.35. The van der Waals surface area contributed by atoms with Crippen LogP contribution in [0.3, 0.4) is 0 Å². The highest BCUT2D eigenvalue weighted by Gasteiger charge is 2.40. The van der Waals surface area contributed by atoms with Gasteiger partial charge in [0.05, 0.1) is 11.0 Å². The summed E-state index contributed by atoms with van der Waals surface area (Å²) in [5.74, 6) is 0.427. The lowest BCUT2D eigenvalue weighted by atomic mass is 9.77. The summed E-state index contributed by atoms with van der Waals surface area (Å²) >= 11 is 12.4. The van der Waals surface area contributed by atoms with E-state index in [1.54, 1.807) is 18.2 Å². The first-order valence-corrected chi connectivity index (χ1v) is 8.47. The maximum absolute atomic E-state index is 11.4. The molecule has 0 unspecified atom stereocenters. The zero-order chi connectivity index (χ0) is 16.8. The van der Waals surface area contributed by atoms with Gasteiger partial charge in [0.25, 0.3) is 5.69 Å². The van der Waals surface area contributed by atoms with Crippen LogP contribution in [0.2, 0.25) is 10.0 Å². The summed E-state index contributed by atoms with van der Waals surface area (Å²) in [6.45, 7) is 0. The number of anilines is 1. The molecular weight excluding hydrogens is 347 g/mol. The summed E-state index contributed by atoms with van der Waals surface area (Å²) in [6, 6.07) is 10.6. The summed E-state index contributed by atoms with van der Waals surface area (Å²) in [5.41, 5.74) is 2.58. The normalized spacial score (nSPS) is 24.2. The van der Waals surface area contributed by atoms with Gasteiger partial charge in [-0.05, 0) is 35.6 Å². The molecular formula is C18H14Cl2N2O2. The third-order valence-electron chi connectivity index (χ3n) is 4.87. The van der Waals surface area contributed by atoms with Crippen LogP contribution in [0.1, 0.15) is 29.5 Å². The second kappa shape index (κ2) is 5.80. The minimum Gasteiger partial charge on any atom is -0.372 e. The maximum Gasteiger partial charge on any atom is 0.292 e. The van der Waals surface area contributed by atoms with Gasteiger partial charge >= 0.3 is 0 Å². The van der Waals surface area contributed by atoms with E-state index in [4.69, 9.17) is 23.2 Å². The highest BCUT2D eigenvalue weighted by atomic mass is 35.5. The van der Waals surface area contributed by atoms with Gasteiger partial charge in [-0.1, -0.05) is 53.6 Å². The molecule has 2 aromatic rings. The van der Waals surface area contributed by atoms with Crippen molar-refractivity contribution >= 4 is 34.6 Å². The molecule has 24 heavy (non-hydrogen) atoms. The molecule has 0 fully saturated rings. The van der Waals surface area contributed by atoms with Crippen LogP contribution in [0.25, 0.3) is 0 Å². The van der Waals surface area contributed by atoms with Crippen molar-refractivity contribution < 1.29 is 4.92 Å². The molecule has 1 aliphatic heterocycles. The molecule has 0 bridgehead atoms. The van der Waals surface area contributed by atoms with Gasteiger partial charge in [0.2, 0.25) is 0 Å². The number of allylic oxidation sites excluding steroid dienone is 2. The Balaban J connectivity index is 1.86. The lowest BCUT2D eigenvalue weighted by molar-refractivity contribution is -0.384. The lowest BCUT2D eigenvalue weighted by Gasteiger charge is -2.37. The van der Waals surface area contributed by atoms with Crippen LogP contribution in [-0.2, 0) is 0 Å². The van der Waals surface area contributed by atoms with Crippen molar-refractivity contribution in [1.82, 2.24) is 0 Å². The first-order chi connectivity index (χ1) is 11.6. The second-order valence-corrected chi connectivity index (χ2v) is 6.98. The van der Waals surface area contributed by atoms with Gasteiger partial charge in [-0.3, -0.25) is 10.1 Å². The molecule has 0 aromatic heterocycles. The quantitative estimate of drug-likeness (QED) is 0.422. The van der Waals surface area contributed by atoms with Gasteiger partial charge < -0.3 is 5.32 Å². The molecule has 4 nitrogen and oxygen atoms in total. The Morgan fingerprint density at radius 3 is 2.75 bits per heavy atom. The van der Waals surface area contributed by atoms with Crippen LogP contribution in [0, 0.1) is 16.0 Å². The third-order valence-corrected chi connectivity index (χ3v) is 5.43. The summed E-state index contributed by atoms with van der Waals surface area (Å²) in [6.07, 6.45) is 5.19. The van der Waals surface area contributed by atoms with Gasteiger partial charge in [0, 0.05) is 22.0 Å². The average molecular weight is 361 g/mol. The standard InChI is InChI=1S/C18H14Cl2N2O2/c19-10-7-8-14(15(20)9-10)17-12-4-1-3-11(12)13-5-2-6-16(22(23)24)18(13)21-17/h1-3,5-9,11-12,17,21H,4H2/t11-,12+,17+/m0/s1. The zero-order valence-corrected chi connectivity index (χ0v) is 14.1. The maximum atomic E-state index is 11.4. The monoisotopic (exact) mass is 360 g/mol. The van der Waals surface area contributed by atoms with Crippen LogP contribution in [0.5, 0.6) is 0 Å². The predicted molar refractivity (Wildman–Crippen MR) is 95.9 cm³/mol. The van der Waals surface area contributed by atoms with E-state index in [2.05, 4.69) is 17.5 Å². The van der Waals surface area contributed by atoms with Gasteiger partial charge in [-0.2, -0.15) is 0 Å². The summed E-state index contributed by atoms with van der Waals surface area (Å²) < 4.78 is 0. The smallest absolute Gasteiger partial charge is 0.292 e. The molecule has 2 aromatic carbocycles. The number of halogens is 2. The number of nitro benzene ring substituents is 1. The number of nitrogens with one attached hydrogen (secondary N) is 1. The Morgan fingerprint density at radius 1 is 1.17 bits per heavy atom. The van der Waals surface area contributed by atoms with E-state index in [0.29, 0.717) is 15.7 Å². The van der Waals surface area contributed by atoms with Crippen molar-refractivity contribution in [2.24, 2.45) is 5.92 Å². The minimum absolute atomic E-state index is 0.0941. The Hall–Kier alpha value is -2.04. The van der Waals surface area contributed by atoms with Crippen LogP contribution >= 0.6 is 23.2 Å². The van der Waals surface area contributed by atoms with Gasteiger partial charge in [-0.15, -0.1) is 0 Å². The molecule has 1 heterocycles. The lowest BCUT2D eigenvalue weighted by Crippen LogP contribution is -2.29. The molecule has 122 valence electrons. The number of hydrogen-bond donors (Lipinski definition) is 1. The summed E-state index contributed by atoms with van der Waals surface area (Å²) in [4.78, 5) is 11.1. The molecule has 0 saturated heterocycles. The van der Waals surface area contributed by atoms with E-state index in [9.17, 15) is 10.1 Å². The molecule has 0 radical (unpaired) electrons. The fourth-order valence-electron chi connectivity index (χ4n) is 3.82. The van der Waals surface area contributed by atoms with Crippen LogP contribution < -0.4 is 5.32 Å². The molecule has 6 heteroatoms. The number of nitrogens with zero attached hydrogens (tertiary/aromatic N) is 1. The number of para-hydroxylation sites is 1. The average Bonchev–Trinajstić information content (AvgIpc) is 3.03. The van der Waals surface area contributed by atoms with Crippen molar-refractivity contribution in [2.45, 2.75) is 18.4 Å². The topological polar surface area (TPSA) is 55.2 Å². The van der Waals surface area contributed by atoms with Crippen LogP contribution in [0.15, 0.2) is 48.6 Å². The predicted octanol–water partition coefficient (Wildman–Crippen LogP) is 5.73. The molecule has 1 aliphatic carbocycles. The van der Waals surface area contributed by atoms with Crippen molar-refractivity contribution in [1.29, 1.82) is 0 Å². The molecule has 2 aliphatic rings. The van der Waals surface area contributed by atoms with E-state index in [1.807, 2.05) is 12.1 Å². The molecule has 0 amide bonds. The van der Waals surface area contributed by atoms with Crippen molar-refractivity contribution in [3.05, 3.63) is 79.8 Å². The van der Waals surface area contributed by atoms with Gasteiger partial charge in [0.15, 0.2) is 0 Å². The van der Waals surface area contributed by atoms with E-state index < -0.39 is 0 Å². The summed E-state index contributed by atoms with van der Waals surface area (Å²) in [7, 11) is 0. The van der Waals surface area contributed by atoms with E-state index in [0.717, 1.165) is 17.5 Å². The number of rotatable bonds is 2. The van der Waals surface area contributed by atoms with Gasteiger partial charge in [-0.25, -0.2) is 0 Å². The highest BCUT2D eigenvalue weighted by Crippen LogP contribution is 2.52. The van der Waals surface area contributed by atoms with Crippen molar-refractivity contribution in [3.63, 3.8) is 0 Å².